The minimum absolute atomic E-state index is 0.0447. The Kier molecular flexibility index (Phi) is 6.78. The molecule has 7 nitrogen and oxygen atoms in total. The van der Waals surface area contributed by atoms with Gasteiger partial charge in [0.1, 0.15) is 0 Å². The van der Waals surface area contributed by atoms with Gasteiger partial charge in [-0.05, 0) is 47.5 Å². The highest BCUT2D eigenvalue weighted by atomic mass is 79.9. The van der Waals surface area contributed by atoms with Crippen molar-refractivity contribution in [3.63, 3.8) is 0 Å². The lowest BCUT2D eigenvalue weighted by Crippen LogP contribution is -2.51. The van der Waals surface area contributed by atoms with Gasteiger partial charge in [0, 0.05) is 25.2 Å². The molecule has 150 valence electrons. The van der Waals surface area contributed by atoms with Gasteiger partial charge in [-0.25, -0.2) is 4.79 Å². The van der Waals surface area contributed by atoms with Crippen molar-refractivity contribution < 1.29 is 9.59 Å². The van der Waals surface area contributed by atoms with Crippen LogP contribution < -0.4 is 10.6 Å². The molecule has 0 atom stereocenters. The minimum Gasteiger partial charge on any atom is -0.348 e. The molecule has 27 heavy (non-hydrogen) atoms. The van der Waals surface area contributed by atoms with Gasteiger partial charge >= 0.3 is 6.03 Å². The zero-order valence-electron chi connectivity index (χ0n) is 16.2. The highest BCUT2D eigenvalue weighted by Gasteiger charge is 2.27. The summed E-state index contributed by atoms with van der Waals surface area (Å²) >= 11 is 3.48. The fraction of sp³-hybridized carbons (Fsp3) is 0.737. The van der Waals surface area contributed by atoms with Gasteiger partial charge in [-0.2, -0.15) is 5.10 Å². The van der Waals surface area contributed by atoms with Gasteiger partial charge < -0.3 is 15.5 Å². The van der Waals surface area contributed by atoms with Crippen molar-refractivity contribution in [1.29, 1.82) is 0 Å². The van der Waals surface area contributed by atoms with E-state index in [9.17, 15) is 9.59 Å². The number of nitrogens with zero attached hydrogens (tertiary/aromatic N) is 2. The first-order valence-electron chi connectivity index (χ1n) is 10.1. The van der Waals surface area contributed by atoms with Gasteiger partial charge in [-0.15, -0.1) is 0 Å². The third-order valence-electron chi connectivity index (χ3n) is 5.58. The monoisotopic (exact) mass is 439 g/mol. The van der Waals surface area contributed by atoms with Crippen LogP contribution in [-0.2, 0) is 0 Å². The number of piperidine rings is 1. The largest absolute Gasteiger partial charge is 0.348 e. The van der Waals surface area contributed by atoms with Gasteiger partial charge in [0.25, 0.3) is 5.91 Å². The van der Waals surface area contributed by atoms with E-state index in [0.717, 1.165) is 35.8 Å². The molecule has 2 fully saturated rings. The normalized spacial score (nSPS) is 19.3. The molecular weight excluding hydrogens is 410 g/mol. The van der Waals surface area contributed by atoms with E-state index < -0.39 is 0 Å². The Morgan fingerprint density at radius 1 is 1.07 bits per heavy atom. The molecule has 3 N–H and O–H groups in total. The lowest BCUT2D eigenvalue weighted by molar-refractivity contribution is 0.0911. The molecule has 3 rings (SSSR count). The second kappa shape index (κ2) is 9.08. The summed E-state index contributed by atoms with van der Waals surface area (Å²) in [6.07, 6.45) is 7.42. The Bertz CT molecular complexity index is 661. The summed E-state index contributed by atoms with van der Waals surface area (Å²) < 4.78 is 0.735. The molecule has 1 aliphatic heterocycles. The van der Waals surface area contributed by atoms with Crippen LogP contribution in [-0.4, -0.2) is 52.2 Å². The van der Waals surface area contributed by atoms with Crippen molar-refractivity contribution >= 4 is 27.9 Å². The Hall–Kier alpha value is -1.57. The molecule has 1 aromatic heterocycles. The minimum atomic E-state index is -0.171. The van der Waals surface area contributed by atoms with Crippen LogP contribution in [0.5, 0.6) is 0 Å². The number of likely N-dealkylation sites (tertiary alicyclic amines) is 1. The van der Waals surface area contributed by atoms with Gasteiger partial charge in [0.05, 0.1) is 10.2 Å². The smallest absolute Gasteiger partial charge is 0.317 e. The SMILES string of the molecule is CC(C)c1[nH]nc(C(=O)NC2CCN(C(=O)NC3CCCCC3)CC2)c1Br. The van der Waals surface area contributed by atoms with Crippen LogP contribution in [0, 0.1) is 0 Å². The lowest BCUT2D eigenvalue weighted by Gasteiger charge is -2.34. The summed E-state index contributed by atoms with van der Waals surface area (Å²) in [5.41, 5.74) is 1.32. The number of nitrogens with one attached hydrogen (secondary N) is 3. The van der Waals surface area contributed by atoms with Crippen molar-refractivity contribution in [3.05, 3.63) is 15.9 Å². The summed E-state index contributed by atoms with van der Waals surface area (Å²) in [6, 6.07) is 0.446. The molecule has 0 radical (unpaired) electrons. The zero-order valence-corrected chi connectivity index (χ0v) is 17.8. The first kappa shape index (κ1) is 20.2. The predicted molar refractivity (Wildman–Crippen MR) is 108 cm³/mol. The molecule has 1 saturated heterocycles. The van der Waals surface area contributed by atoms with Gasteiger partial charge in [-0.3, -0.25) is 9.89 Å². The topological polar surface area (TPSA) is 90.1 Å². The third kappa shape index (κ3) is 5.03. The van der Waals surface area contributed by atoms with Gasteiger partial charge in [-0.1, -0.05) is 33.1 Å². The van der Waals surface area contributed by atoms with Crippen LogP contribution in [0.25, 0.3) is 0 Å². The maximum Gasteiger partial charge on any atom is 0.317 e. The van der Waals surface area contributed by atoms with Crippen molar-refractivity contribution in [2.24, 2.45) is 0 Å². The van der Waals surface area contributed by atoms with E-state index in [2.05, 4.69) is 36.8 Å². The number of hydrogen-bond donors (Lipinski definition) is 3. The number of amides is 3. The van der Waals surface area contributed by atoms with Gasteiger partial charge in [0.15, 0.2) is 5.69 Å². The molecule has 1 saturated carbocycles. The van der Waals surface area contributed by atoms with E-state index in [0.29, 0.717) is 24.8 Å². The first-order valence-corrected chi connectivity index (χ1v) is 10.8. The molecule has 1 aromatic rings. The van der Waals surface area contributed by atoms with Crippen molar-refractivity contribution in [2.75, 3.05) is 13.1 Å². The van der Waals surface area contributed by atoms with E-state index in [4.69, 9.17) is 0 Å². The Morgan fingerprint density at radius 3 is 2.30 bits per heavy atom. The molecule has 0 unspecified atom stereocenters. The van der Waals surface area contributed by atoms with E-state index in [1.165, 1.54) is 19.3 Å². The quantitative estimate of drug-likeness (QED) is 0.669. The number of aromatic amines is 1. The Balaban J connectivity index is 1.46. The van der Waals surface area contributed by atoms with E-state index in [-0.39, 0.29) is 23.9 Å². The average molecular weight is 440 g/mol. The van der Waals surface area contributed by atoms with E-state index in [1.807, 2.05) is 18.7 Å². The first-order chi connectivity index (χ1) is 13.0. The van der Waals surface area contributed by atoms with E-state index >= 15 is 0 Å². The zero-order chi connectivity index (χ0) is 19.4. The molecule has 3 amide bonds. The molecule has 8 heteroatoms. The second-order valence-corrected chi connectivity index (χ2v) is 8.77. The van der Waals surface area contributed by atoms with Crippen LogP contribution in [0.3, 0.4) is 0 Å². The summed E-state index contributed by atoms with van der Waals surface area (Å²) in [5, 5.41) is 13.3. The molecule has 1 aliphatic carbocycles. The molecule has 2 heterocycles. The fourth-order valence-corrected chi connectivity index (χ4v) is 4.68. The predicted octanol–water partition coefficient (Wildman–Crippen LogP) is 3.53. The number of halogens is 1. The maximum atomic E-state index is 12.5. The standard InChI is InChI=1S/C19H30BrN5O2/c1-12(2)16-15(20)17(24-23-16)18(26)21-14-8-10-25(11-9-14)19(27)22-13-6-4-3-5-7-13/h12-14H,3-11H2,1-2H3,(H,21,26)(H,22,27)(H,23,24). The van der Waals surface area contributed by atoms with Crippen molar-refractivity contribution in [1.82, 2.24) is 25.7 Å². The molecule has 0 spiro atoms. The number of rotatable bonds is 4. The van der Waals surface area contributed by atoms with Crippen LogP contribution >= 0.6 is 15.9 Å². The highest BCUT2D eigenvalue weighted by molar-refractivity contribution is 9.10. The van der Waals surface area contributed by atoms with E-state index in [1.54, 1.807) is 0 Å². The van der Waals surface area contributed by atoms with Crippen LogP contribution in [0.4, 0.5) is 4.79 Å². The highest BCUT2D eigenvalue weighted by Crippen LogP contribution is 2.26. The number of H-pyrrole nitrogens is 1. The van der Waals surface area contributed by atoms with Crippen molar-refractivity contribution in [2.45, 2.75) is 76.8 Å². The lowest BCUT2D eigenvalue weighted by atomic mass is 9.95. The molecule has 2 aliphatic rings. The van der Waals surface area contributed by atoms with Crippen molar-refractivity contribution in [3.8, 4) is 0 Å². The van der Waals surface area contributed by atoms with Crippen LogP contribution in [0.2, 0.25) is 0 Å². The van der Waals surface area contributed by atoms with Crippen LogP contribution in [0.15, 0.2) is 4.47 Å². The number of urea groups is 1. The molecule has 0 aromatic carbocycles. The number of carbonyl (C=O) groups is 2. The second-order valence-electron chi connectivity index (χ2n) is 7.97. The number of aromatic nitrogens is 2. The van der Waals surface area contributed by atoms with Gasteiger partial charge in [0.2, 0.25) is 0 Å². The summed E-state index contributed by atoms with van der Waals surface area (Å²) in [4.78, 5) is 26.8. The maximum absolute atomic E-state index is 12.5. The summed E-state index contributed by atoms with van der Waals surface area (Å²) in [6.45, 7) is 5.44. The molecule has 0 bridgehead atoms. The third-order valence-corrected chi connectivity index (χ3v) is 6.38. The summed E-state index contributed by atoms with van der Waals surface area (Å²) in [5.74, 6) is 0.0921. The van der Waals surface area contributed by atoms with Crippen LogP contribution in [0.1, 0.15) is 80.9 Å². The fourth-order valence-electron chi connectivity index (χ4n) is 3.87. The average Bonchev–Trinajstić information content (AvgIpc) is 3.05. The number of carbonyl (C=O) groups excluding carboxylic acids is 2. The number of hydrogen-bond acceptors (Lipinski definition) is 3. The summed E-state index contributed by atoms with van der Waals surface area (Å²) in [7, 11) is 0. The molecular formula is C19H30BrN5O2. The Labute approximate surface area is 169 Å². The Morgan fingerprint density at radius 2 is 1.70 bits per heavy atom.